The number of rotatable bonds is 8. The summed E-state index contributed by atoms with van der Waals surface area (Å²) in [7, 11) is -3.14. The molecule has 0 bridgehead atoms. The predicted octanol–water partition coefficient (Wildman–Crippen LogP) is 4.56. The zero-order valence-electron chi connectivity index (χ0n) is 14.3. The molecule has 5 heteroatoms. The fraction of sp³-hybridized carbons (Fsp3) is 0.143. The van der Waals surface area contributed by atoms with E-state index >= 15 is 0 Å². The zero-order valence-corrected chi connectivity index (χ0v) is 15.3. The van der Waals surface area contributed by atoms with E-state index in [1.165, 1.54) is 0 Å². The van der Waals surface area contributed by atoms with Gasteiger partial charge in [-0.3, -0.25) is 0 Å². The molecular formula is C21H20O4Si. The van der Waals surface area contributed by atoms with E-state index in [9.17, 15) is 0 Å². The third-order valence-electron chi connectivity index (χ3n) is 3.93. The van der Waals surface area contributed by atoms with Gasteiger partial charge in [0, 0.05) is 0 Å². The number of ether oxygens (including phenoxy) is 1. The number of benzene rings is 3. The molecule has 0 radical (unpaired) electrons. The van der Waals surface area contributed by atoms with Crippen molar-refractivity contribution >= 4 is 8.80 Å². The summed E-state index contributed by atoms with van der Waals surface area (Å²) in [6.45, 7) is 0.712. The van der Waals surface area contributed by atoms with Crippen molar-refractivity contribution in [1.29, 1.82) is 0 Å². The van der Waals surface area contributed by atoms with Gasteiger partial charge in [-0.05, 0) is 36.4 Å². The summed E-state index contributed by atoms with van der Waals surface area (Å²) >= 11 is 0. The van der Waals surface area contributed by atoms with E-state index in [-0.39, 0.29) is 6.10 Å². The molecule has 0 saturated carbocycles. The summed E-state index contributed by atoms with van der Waals surface area (Å²) in [5.74, 6) is 2.19. The van der Waals surface area contributed by atoms with Gasteiger partial charge in [0.05, 0.1) is 18.8 Å². The monoisotopic (exact) mass is 364 g/mol. The third-order valence-corrected chi connectivity index (χ3v) is 6.53. The molecule has 1 aliphatic rings. The van der Waals surface area contributed by atoms with Gasteiger partial charge in [0.1, 0.15) is 17.2 Å². The Bertz CT molecular complexity index is 706. The van der Waals surface area contributed by atoms with Crippen molar-refractivity contribution in [2.75, 3.05) is 6.61 Å². The molecule has 0 spiro atoms. The Morgan fingerprint density at radius 3 is 1.31 bits per heavy atom. The van der Waals surface area contributed by atoms with Gasteiger partial charge in [0.25, 0.3) is 0 Å². The Balaban J connectivity index is 1.68. The highest BCUT2D eigenvalue weighted by Gasteiger charge is 2.54. The fourth-order valence-corrected chi connectivity index (χ4v) is 5.31. The minimum Gasteiger partial charge on any atom is -0.483 e. The molecule has 1 saturated heterocycles. The molecule has 4 nitrogen and oxygen atoms in total. The van der Waals surface area contributed by atoms with Gasteiger partial charge in [0.15, 0.2) is 0 Å². The lowest BCUT2D eigenvalue weighted by Crippen LogP contribution is -2.55. The maximum Gasteiger partial charge on any atom is 0.702 e. The average Bonchev–Trinajstić information content (AvgIpc) is 3.48. The van der Waals surface area contributed by atoms with Crippen LogP contribution in [0.5, 0.6) is 17.2 Å². The minimum atomic E-state index is -3.14. The lowest BCUT2D eigenvalue weighted by atomic mass is 10.3. The molecule has 1 aliphatic heterocycles. The van der Waals surface area contributed by atoms with Crippen molar-refractivity contribution in [1.82, 2.24) is 0 Å². The average molecular weight is 364 g/mol. The highest BCUT2D eigenvalue weighted by molar-refractivity contribution is 6.63. The molecule has 1 atom stereocenters. The summed E-state index contributed by atoms with van der Waals surface area (Å²) in [4.78, 5) is 0. The fourth-order valence-electron chi connectivity index (χ4n) is 2.66. The van der Waals surface area contributed by atoms with E-state index in [2.05, 4.69) is 0 Å². The summed E-state index contributed by atoms with van der Waals surface area (Å²) in [6.07, 6.45) is 0.109. The summed E-state index contributed by atoms with van der Waals surface area (Å²) in [5, 5.41) is 0. The van der Waals surface area contributed by atoms with Gasteiger partial charge in [-0.25, -0.2) is 0 Å². The van der Waals surface area contributed by atoms with Gasteiger partial charge < -0.3 is 18.0 Å². The molecule has 132 valence electrons. The lowest BCUT2D eigenvalue weighted by molar-refractivity contribution is 0.252. The van der Waals surface area contributed by atoms with Gasteiger partial charge in [-0.2, -0.15) is 0 Å². The van der Waals surface area contributed by atoms with Crippen LogP contribution in [0, 0.1) is 0 Å². The molecule has 26 heavy (non-hydrogen) atoms. The van der Waals surface area contributed by atoms with E-state index in [0.717, 1.165) is 17.2 Å². The van der Waals surface area contributed by atoms with Crippen molar-refractivity contribution < 1.29 is 18.0 Å². The van der Waals surface area contributed by atoms with Crippen LogP contribution in [0.25, 0.3) is 0 Å². The van der Waals surface area contributed by atoms with Crippen LogP contribution in [0.1, 0.15) is 0 Å². The summed E-state index contributed by atoms with van der Waals surface area (Å²) < 4.78 is 24.6. The third kappa shape index (κ3) is 4.44. The SMILES string of the molecule is c1ccc(O[Si](CC2CO2)(Oc2ccccc2)Oc2ccccc2)cc1. The van der Waals surface area contributed by atoms with Crippen LogP contribution in [0.4, 0.5) is 0 Å². The Morgan fingerprint density at radius 1 is 0.654 bits per heavy atom. The standard InChI is InChI=1S/C21H20O4Si/c1-4-10-18(11-5-1)23-26(17-21-16-22-21,24-19-12-6-2-7-13-19)25-20-14-8-3-9-15-20/h1-15,21H,16-17H2. The maximum atomic E-state index is 6.38. The molecule has 0 aliphatic carbocycles. The minimum absolute atomic E-state index is 0.109. The number of hydrogen-bond acceptors (Lipinski definition) is 4. The van der Waals surface area contributed by atoms with Crippen molar-refractivity contribution in [2.24, 2.45) is 0 Å². The highest BCUT2D eigenvalue weighted by Crippen LogP contribution is 2.30. The quantitative estimate of drug-likeness (QED) is 0.434. The molecule has 4 rings (SSSR count). The molecular weight excluding hydrogens is 344 g/mol. The second-order valence-electron chi connectivity index (χ2n) is 6.09. The van der Waals surface area contributed by atoms with E-state index in [0.29, 0.717) is 12.7 Å². The van der Waals surface area contributed by atoms with Gasteiger partial charge in [-0.15, -0.1) is 0 Å². The van der Waals surface area contributed by atoms with E-state index in [4.69, 9.17) is 18.0 Å². The molecule has 1 fully saturated rings. The van der Waals surface area contributed by atoms with Crippen LogP contribution < -0.4 is 13.3 Å². The van der Waals surface area contributed by atoms with Gasteiger partial charge in [-0.1, -0.05) is 54.6 Å². The van der Waals surface area contributed by atoms with Crippen molar-refractivity contribution in [3.05, 3.63) is 91.0 Å². The first kappa shape index (κ1) is 16.7. The summed E-state index contributed by atoms with van der Waals surface area (Å²) in [6, 6.07) is 29.6. The van der Waals surface area contributed by atoms with Gasteiger partial charge >= 0.3 is 8.80 Å². The Hall–Kier alpha value is -2.76. The second-order valence-corrected chi connectivity index (χ2v) is 8.47. The van der Waals surface area contributed by atoms with Crippen LogP contribution in [0.2, 0.25) is 6.04 Å². The number of epoxide rings is 1. The number of hydrogen-bond donors (Lipinski definition) is 0. The Kier molecular flexibility index (Phi) is 4.90. The summed E-state index contributed by atoms with van der Waals surface area (Å²) in [5.41, 5.74) is 0. The molecule has 0 aromatic heterocycles. The van der Waals surface area contributed by atoms with Crippen molar-refractivity contribution in [2.45, 2.75) is 12.1 Å². The lowest BCUT2D eigenvalue weighted by Gasteiger charge is -2.30. The Labute approximate surface area is 154 Å². The Morgan fingerprint density at radius 2 is 1.00 bits per heavy atom. The molecule has 1 unspecified atom stereocenters. The molecule has 3 aromatic carbocycles. The van der Waals surface area contributed by atoms with Crippen LogP contribution >= 0.6 is 0 Å². The van der Waals surface area contributed by atoms with E-state index in [1.807, 2.05) is 91.0 Å². The molecule has 0 N–H and O–H groups in total. The van der Waals surface area contributed by atoms with Crippen LogP contribution in [0.15, 0.2) is 91.0 Å². The molecule has 3 aromatic rings. The van der Waals surface area contributed by atoms with Crippen molar-refractivity contribution in [3.8, 4) is 17.2 Å². The second kappa shape index (κ2) is 7.64. The highest BCUT2D eigenvalue weighted by atomic mass is 28.4. The predicted molar refractivity (Wildman–Crippen MR) is 102 cm³/mol. The smallest absolute Gasteiger partial charge is 0.483 e. The normalized spacial score (nSPS) is 15.9. The van der Waals surface area contributed by atoms with Crippen molar-refractivity contribution in [3.63, 3.8) is 0 Å². The van der Waals surface area contributed by atoms with E-state index in [1.54, 1.807) is 0 Å². The zero-order chi connectivity index (χ0) is 17.7. The topological polar surface area (TPSA) is 40.2 Å². The van der Waals surface area contributed by atoms with E-state index < -0.39 is 8.80 Å². The van der Waals surface area contributed by atoms with Gasteiger partial charge in [0.2, 0.25) is 0 Å². The molecule has 0 amide bonds. The molecule has 1 heterocycles. The number of para-hydroxylation sites is 3. The first-order chi connectivity index (χ1) is 12.8. The van der Waals surface area contributed by atoms with Crippen LogP contribution in [-0.2, 0) is 4.74 Å². The first-order valence-electron chi connectivity index (χ1n) is 8.65. The first-order valence-corrected chi connectivity index (χ1v) is 10.6. The van der Waals surface area contributed by atoms with Crippen LogP contribution in [0.3, 0.4) is 0 Å². The maximum absolute atomic E-state index is 6.38. The van der Waals surface area contributed by atoms with Crippen LogP contribution in [-0.4, -0.2) is 21.5 Å². The largest absolute Gasteiger partial charge is 0.702 e.